The number of fused-ring (bicyclic) bond motifs is 4. The second kappa shape index (κ2) is 8.00. The smallest absolute Gasteiger partial charge is 0.261 e. The Balaban J connectivity index is 1.58. The van der Waals surface area contributed by atoms with E-state index in [4.69, 9.17) is 4.98 Å². The van der Waals surface area contributed by atoms with Crippen LogP contribution in [0, 0.1) is 0 Å². The molecule has 0 saturated carbocycles. The Morgan fingerprint density at radius 3 is 2.58 bits per heavy atom. The molecule has 0 fully saturated rings. The lowest BCUT2D eigenvalue weighted by atomic mass is 9.95. The van der Waals surface area contributed by atoms with Gasteiger partial charge >= 0.3 is 0 Å². The fraction of sp³-hybridized carbons (Fsp3) is 0.320. The molecule has 1 aliphatic carbocycles. The number of hydrogen-bond acceptors (Lipinski definition) is 4. The summed E-state index contributed by atoms with van der Waals surface area (Å²) in [7, 11) is 1.73. The van der Waals surface area contributed by atoms with Crippen LogP contribution in [0.25, 0.3) is 21.8 Å². The van der Waals surface area contributed by atoms with Gasteiger partial charge in [0.05, 0.1) is 21.7 Å². The van der Waals surface area contributed by atoms with Gasteiger partial charge in [-0.1, -0.05) is 49.0 Å². The van der Waals surface area contributed by atoms with E-state index in [1.165, 1.54) is 29.1 Å². The van der Waals surface area contributed by atoms with Crippen LogP contribution in [0.4, 0.5) is 0 Å². The summed E-state index contributed by atoms with van der Waals surface area (Å²) in [6.45, 7) is 2.02. The van der Waals surface area contributed by atoms with Crippen molar-refractivity contribution in [1.82, 2.24) is 14.1 Å². The third-order valence-electron chi connectivity index (χ3n) is 6.24. The average Bonchev–Trinajstić information content (AvgIpc) is 3.14. The van der Waals surface area contributed by atoms with E-state index < -0.39 is 0 Å². The fourth-order valence-corrected chi connectivity index (χ4v) is 5.65. The minimum absolute atomic E-state index is 0.0780. The Morgan fingerprint density at radius 2 is 1.77 bits per heavy atom. The highest BCUT2D eigenvalue weighted by molar-refractivity contribution is 8.00. The van der Waals surface area contributed by atoms with E-state index in [9.17, 15) is 9.59 Å². The molecule has 0 saturated heterocycles. The van der Waals surface area contributed by atoms with Crippen LogP contribution in [0.5, 0.6) is 0 Å². The first-order valence-electron chi connectivity index (χ1n) is 10.9. The van der Waals surface area contributed by atoms with Gasteiger partial charge in [0.25, 0.3) is 5.56 Å². The number of nitrogens with zero attached hydrogens (tertiary/aromatic N) is 3. The predicted molar refractivity (Wildman–Crippen MR) is 126 cm³/mol. The number of thioether (sulfide) groups is 1. The third-order valence-corrected chi connectivity index (χ3v) is 7.63. The molecule has 5 rings (SSSR count). The van der Waals surface area contributed by atoms with E-state index in [1.807, 2.05) is 47.9 Å². The van der Waals surface area contributed by atoms with Crippen LogP contribution in [0.1, 0.15) is 42.2 Å². The zero-order valence-corrected chi connectivity index (χ0v) is 18.6. The minimum atomic E-state index is -0.318. The molecule has 2 heterocycles. The van der Waals surface area contributed by atoms with Crippen molar-refractivity contribution < 1.29 is 4.79 Å². The molecule has 2 aromatic heterocycles. The van der Waals surface area contributed by atoms with E-state index in [2.05, 4.69) is 6.07 Å². The van der Waals surface area contributed by atoms with Gasteiger partial charge in [0.1, 0.15) is 0 Å². The predicted octanol–water partition coefficient (Wildman–Crippen LogP) is 4.98. The summed E-state index contributed by atoms with van der Waals surface area (Å²) < 4.78 is 3.51. The van der Waals surface area contributed by atoms with E-state index in [-0.39, 0.29) is 16.7 Å². The molecule has 31 heavy (non-hydrogen) atoms. The van der Waals surface area contributed by atoms with E-state index in [0.29, 0.717) is 22.5 Å². The summed E-state index contributed by atoms with van der Waals surface area (Å²) in [5, 5.41) is 2.05. The number of para-hydroxylation sites is 2. The molecule has 0 amide bonds. The SMILES string of the molecule is CCC(Sc1nc2ccccc2c(=O)n1C)C(=O)n1c2c(c3ccccc31)CCCC2. The van der Waals surface area contributed by atoms with Crippen molar-refractivity contribution in [2.75, 3.05) is 0 Å². The molecular weight excluding hydrogens is 406 g/mol. The van der Waals surface area contributed by atoms with Gasteiger partial charge in [-0.05, 0) is 55.9 Å². The van der Waals surface area contributed by atoms with Gasteiger partial charge in [0.15, 0.2) is 5.16 Å². The lowest BCUT2D eigenvalue weighted by Crippen LogP contribution is -2.28. The van der Waals surface area contributed by atoms with Gasteiger partial charge in [-0.15, -0.1) is 0 Å². The van der Waals surface area contributed by atoms with Crippen LogP contribution in [-0.2, 0) is 19.9 Å². The maximum Gasteiger partial charge on any atom is 0.261 e. The highest BCUT2D eigenvalue weighted by Crippen LogP contribution is 2.34. The first-order valence-corrected chi connectivity index (χ1v) is 11.8. The standard InChI is InChI=1S/C25H25N3O2S/c1-3-22(31-25-26-19-13-7-4-12-18(19)23(29)27(25)2)24(30)28-20-14-8-5-10-16(20)17-11-6-9-15-21(17)28/h4-5,7-8,10,12-14,22H,3,6,9,11,15H2,1-2H3. The first-order chi connectivity index (χ1) is 15.1. The molecule has 0 aliphatic heterocycles. The zero-order valence-electron chi connectivity index (χ0n) is 17.8. The molecule has 0 spiro atoms. The van der Waals surface area contributed by atoms with E-state index in [1.54, 1.807) is 17.7 Å². The van der Waals surface area contributed by atoms with Crippen LogP contribution in [0.15, 0.2) is 58.5 Å². The lowest BCUT2D eigenvalue weighted by molar-refractivity contribution is 0.0910. The van der Waals surface area contributed by atoms with E-state index in [0.717, 1.165) is 30.5 Å². The lowest BCUT2D eigenvalue weighted by Gasteiger charge is -2.20. The summed E-state index contributed by atoms with van der Waals surface area (Å²) in [5.74, 6) is 0.0780. The van der Waals surface area contributed by atoms with Crippen LogP contribution in [0.3, 0.4) is 0 Å². The molecule has 2 aromatic carbocycles. The number of aromatic nitrogens is 3. The van der Waals surface area contributed by atoms with Crippen LogP contribution >= 0.6 is 11.8 Å². The van der Waals surface area contributed by atoms with Gasteiger partial charge in [-0.2, -0.15) is 0 Å². The Morgan fingerprint density at radius 1 is 1.06 bits per heavy atom. The number of carbonyl (C=O) groups excluding carboxylic acids is 1. The summed E-state index contributed by atoms with van der Waals surface area (Å²) >= 11 is 1.39. The first kappa shape index (κ1) is 20.1. The molecule has 1 atom stereocenters. The molecule has 4 aromatic rings. The quantitative estimate of drug-likeness (QED) is 0.338. The normalized spacial score (nSPS) is 14.6. The molecule has 1 unspecified atom stereocenters. The molecule has 5 nitrogen and oxygen atoms in total. The summed E-state index contributed by atoms with van der Waals surface area (Å²) in [6.07, 6.45) is 4.91. The van der Waals surface area contributed by atoms with Crippen LogP contribution in [-0.4, -0.2) is 25.3 Å². The van der Waals surface area contributed by atoms with Crippen molar-refractivity contribution in [2.45, 2.75) is 49.4 Å². The van der Waals surface area contributed by atoms with Crippen molar-refractivity contribution in [3.05, 3.63) is 70.1 Å². The Kier molecular flexibility index (Phi) is 5.18. The molecular formula is C25H25N3O2S. The fourth-order valence-electron chi connectivity index (χ4n) is 4.63. The topological polar surface area (TPSA) is 56.9 Å². The van der Waals surface area contributed by atoms with Crippen molar-refractivity contribution >= 4 is 39.5 Å². The molecule has 158 valence electrons. The van der Waals surface area contributed by atoms with Crippen molar-refractivity contribution in [2.24, 2.45) is 7.05 Å². The van der Waals surface area contributed by atoms with Crippen LogP contribution in [0.2, 0.25) is 0 Å². The summed E-state index contributed by atoms with van der Waals surface area (Å²) in [4.78, 5) is 31.3. The highest BCUT2D eigenvalue weighted by atomic mass is 32.2. The average molecular weight is 432 g/mol. The second-order valence-corrected chi connectivity index (χ2v) is 9.28. The largest absolute Gasteiger partial charge is 0.290 e. The zero-order chi connectivity index (χ0) is 21.5. The molecule has 1 aliphatic rings. The Hall–Kier alpha value is -2.86. The van der Waals surface area contributed by atoms with Gasteiger partial charge in [-0.3, -0.25) is 18.7 Å². The number of carbonyl (C=O) groups is 1. The Labute approximate surface area is 185 Å². The third kappa shape index (κ3) is 3.30. The highest BCUT2D eigenvalue weighted by Gasteiger charge is 2.28. The molecule has 0 radical (unpaired) electrons. The monoisotopic (exact) mass is 431 g/mol. The second-order valence-electron chi connectivity index (χ2n) is 8.11. The summed E-state index contributed by atoms with van der Waals surface area (Å²) in [6, 6.07) is 15.6. The number of aryl methyl sites for hydroxylation is 1. The van der Waals surface area contributed by atoms with Crippen LogP contribution < -0.4 is 5.56 Å². The molecule has 0 bridgehead atoms. The van der Waals surface area contributed by atoms with Gasteiger partial charge in [0.2, 0.25) is 5.91 Å². The molecule has 6 heteroatoms. The van der Waals surface area contributed by atoms with Gasteiger partial charge in [0, 0.05) is 18.1 Å². The Bertz CT molecular complexity index is 1370. The molecule has 0 N–H and O–H groups in total. The minimum Gasteiger partial charge on any atom is -0.290 e. The number of rotatable bonds is 4. The van der Waals surface area contributed by atoms with Crippen molar-refractivity contribution in [3.63, 3.8) is 0 Å². The van der Waals surface area contributed by atoms with E-state index >= 15 is 0 Å². The number of benzene rings is 2. The maximum atomic E-state index is 13.8. The van der Waals surface area contributed by atoms with Gasteiger partial charge < -0.3 is 0 Å². The maximum absolute atomic E-state index is 13.8. The van der Waals surface area contributed by atoms with Crippen molar-refractivity contribution in [1.29, 1.82) is 0 Å². The number of hydrogen-bond donors (Lipinski definition) is 0. The summed E-state index contributed by atoms with van der Waals surface area (Å²) in [5.41, 5.74) is 4.07. The van der Waals surface area contributed by atoms with Crippen molar-refractivity contribution in [3.8, 4) is 0 Å². The van der Waals surface area contributed by atoms with Gasteiger partial charge in [-0.25, -0.2) is 4.98 Å².